The van der Waals surface area contributed by atoms with E-state index in [1.54, 1.807) is 12.1 Å². The number of carbonyl (C=O) groups excluding carboxylic acids is 6. The van der Waals surface area contributed by atoms with Gasteiger partial charge in [0.15, 0.2) is 6.10 Å². The van der Waals surface area contributed by atoms with E-state index >= 15 is 0 Å². The van der Waals surface area contributed by atoms with Gasteiger partial charge in [0.05, 0.1) is 18.5 Å². The molecule has 2 aliphatic rings. The van der Waals surface area contributed by atoms with Crippen LogP contribution in [0.1, 0.15) is 63.4 Å². The first-order chi connectivity index (χ1) is 17.8. The van der Waals surface area contributed by atoms with Crippen LogP contribution in [0, 0.1) is 5.92 Å². The summed E-state index contributed by atoms with van der Waals surface area (Å²) in [7, 11) is 0. The fraction of sp³-hybridized carbons (Fsp3) is 0.538. The van der Waals surface area contributed by atoms with E-state index in [-0.39, 0.29) is 30.1 Å². The maximum atomic E-state index is 13.5. The molecule has 12 heteroatoms. The molecule has 12 nitrogen and oxygen atoms in total. The predicted molar refractivity (Wildman–Crippen MR) is 130 cm³/mol. The van der Waals surface area contributed by atoms with E-state index in [1.165, 1.54) is 19.9 Å². The second-order valence-corrected chi connectivity index (χ2v) is 9.77. The highest BCUT2D eigenvalue weighted by molar-refractivity contribution is 5.96. The number of fused-ring (bicyclic) bond motifs is 1. The number of benzene rings is 1. The molecule has 38 heavy (non-hydrogen) atoms. The summed E-state index contributed by atoms with van der Waals surface area (Å²) in [5.41, 5.74) is 0.724. The molecular weight excluding hydrogens is 500 g/mol. The van der Waals surface area contributed by atoms with Gasteiger partial charge in [0, 0.05) is 27.2 Å². The maximum Gasteiger partial charge on any atom is 0.342 e. The van der Waals surface area contributed by atoms with Crippen LogP contribution in [-0.4, -0.2) is 66.1 Å². The first-order valence-corrected chi connectivity index (χ1v) is 12.3. The van der Waals surface area contributed by atoms with Gasteiger partial charge in [-0.1, -0.05) is 26.0 Å². The molecule has 2 heterocycles. The number of cyclic esters (lactones) is 2. The third-order valence-electron chi connectivity index (χ3n) is 6.04. The molecule has 1 saturated heterocycles. The molecule has 0 unspecified atom stereocenters. The molecule has 3 rings (SSSR count). The second-order valence-electron chi connectivity index (χ2n) is 9.77. The molecule has 0 bridgehead atoms. The van der Waals surface area contributed by atoms with Gasteiger partial charge < -0.3 is 29.6 Å². The van der Waals surface area contributed by atoms with E-state index in [0.29, 0.717) is 12.0 Å². The molecule has 1 fully saturated rings. The van der Waals surface area contributed by atoms with Crippen LogP contribution in [0.2, 0.25) is 0 Å². The lowest BCUT2D eigenvalue weighted by molar-refractivity contribution is -0.167. The monoisotopic (exact) mass is 532 g/mol. The lowest BCUT2D eigenvalue weighted by Crippen LogP contribution is -2.57. The zero-order chi connectivity index (χ0) is 28.1. The molecule has 0 saturated carbocycles. The Labute approximate surface area is 219 Å². The van der Waals surface area contributed by atoms with Crippen molar-refractivity contribution in [2.45, 2.75) is 84.3 Å². The lowest BCUT2D eigenvalue weighted by atomic mass is 9.90. The van der Waals surface area contributed by atoms with Crippen molar-refractivity contribution in [3.8, 4) is 5.75 Å². The van der Waals surface area contributed by atoms with Crippen LogP contribution < -0.4 is 15.4 Å². The quantitative estimate of drug-likeness (QED) is 0.266. The van der Waals surface area contributed by atoms with E-state index < -0.39 is 66.1 Å². The Morgan fingerprint density at radius 2 is 1.74 bits per heavy atom. The minimum Gasteiger partial charge on any atom is -0.456 e. The van der Waals surface area contributed by atoms with Crippen molar-refractivity contribution in [1.29, 1.82) is 0 Å². The van der Waals surface area contributed by atoms with Crippen LogP contribution in [0.3, 0.4) is 0 Å². The second kappa shape index (κ2) is 12.1. The van der Waals surface area contributed by atoms with Crippen LogP contribution in [0.25, 0.3) is 0 Å². The Hall–Kier alpha value is -3.96. The molecule has 0 aromatic heterocycles. The maximum absolute atomic E-state index is 13.5. The van der Waals surface area contributed by atoms with Crippen molar-refractivity contribution < 1.29 is 47.7 Å². The fourth-order valence-electron chi connectivity index (χ4n) is 4.67. The number of nitrogens with one attached hydrogen (secondary N) is 2. The molecule has 2 N–H and O–H groups in total. The van der Waals surface area contributed by atoms with Crippen LogP contribution in [0.4, 0.5) is 0 Å². The molecule has 2 aliphatic heterocycles. The number of hydrogen-bond acceptors (Lipinski definition) is 10. The van der Waals surface area contributed by atoms with Gasteiger partial charge in [-0.05, 0) is 24.0 Å². The number of rotatable bonds is 9. The third kappa shape index (κ3) is 7.08. The molecule has 0 spiro atoms. The molecule has 0 aliphatic carbocycles. The predicted octanol–water partition coefficient (Wildman–Crippen LogP) is 0.976. The van der Waals surface area contributed by atoms with Gasteiger partial charge in [-0.3, -0.25) is 24.0 Å². The summed E-state index contributed by atoms with van der Waals surface area (Å²) in [6.45, 7) is 7.43. The first kappa shape index (κ1) is 28.6. The number of carbonyl (C=O) groups is 6. The standard InChI is InChI=1S/C26H32N2O10/c1-12(2)9-17(20-10-16-7-6-8-19(35-14(4)30)22(16)26(34)37-20)28-25(33)24(36-15(5)31)23-18(27-13(3)29)11-21(32)38-23/h6-8,12,17-18,20,23-24H,9-11H2,1-5H3,(H,27,29)(H,28,33)/t17-,18+,20+,23+,24-/m0/s1. The Bertz CT molecular complexity index is 1130. The number of hydrogen-bond donors (Lipinski definition) is 2. The largest absolute Gasteiger partial charge is 0.456 e. The van der Waals surface area contributed by atoms with E-state index in [2.05, 4.69) is 10.6 Å². The highest BCUT2D eigenvalue weighted by Gasteiger charge is 2.47. The van der Waals surface area contributed by atoms with Gasteiger partial charge in [-0.25, -0.2) is 4.79 Å². The van der Waals surface area contributed by atoms with Crippen LogP contribution in [-0.2, 0) is 44.6 Å². The highest BCUT2D eigenvalue weighted by Crippen LogP contribution is 2.31. The van der Waals surface area contributed by atoms with E-state index in [1.807, 2.05) is 13.8 Å². The topological polar surface area (TPSA) is 163 Å². The summed E-state index contributed by atoms with van der Waals surface area (Å²) in [5.74, 6) is -3.79. The normalized spacial score (nSPS) is 21.9. The van der Waals surface area contributed by atoms with E-state index in [0.717, 1.165) is 6.92 Å². The molecule has 206 valence electrons. The number of amides is 2. The van der Waals surface area contributed by atoms with Crippen molar-refractivity contribution >= 4 is 35.7 Å². The van der Waals surface area contributed by atoms with Crippen LogP contribution in [0.5, 0.6) is 5.75 Å². The summed E-state index contributed by atoms with van der Waals surface area (Å²) in [5, 5.41) is 5.36. The van der Waals surface area contributed by atoms with Gasteiger partial charge in [-0.2, -0.15) is 0 Å². The summed E-state index contributed by atoms with van der Waals surface area (Å²) < 4.78 is 21.3. The minimum atomic E-state index is -1.55. The molecule has 1 aromatic rings. The van der Waals surface area contributed by atoms with Gasteiger partial charge in [0.2, 0.25) is 12.0 Å². The number of ether oxygens (including phenoxy) is 4. The molecule has 2 amide bonds. The summed E-state index contributed by atoms with van der Waals surface area (Å²) in [4.78, 5) is 73.3. The average molecular weight is 533 g/mol. The lowest BCUT2D eigenvalue weighted by Gasteiger charge is -2.34. The van der Waals surface area contributed by atoms with Gasteiger partial charge in [-0.15, -0.1) is 0 Å². The van der Waals surface area contributed by atoms with Crippen molar-refractivity contribution in [2.75, 3.05) is 0 Å². The van der Waals surface area contributed by atoms with Crippen LogP contribution in [0.15, 0.2) is 18.2 Å². The smallest absolute Gasteiger partial charge is 0.342 e. The summed E-state index contributed by atoms with van der Waals surface area (Å²) in [6, 6.07) is 3.27. The average Bonchev–Trinajstić information content (AvgIpc) is 3.14. The fourth-order valence-corrected chi connectivity index (χ4v) is 4.67. The Balaban J connectivity index is 1.86. The summed E-state index contributed by atoms with van der Waals surface area (Å²) in [6.07, 6.45) is -3.15. The third-order valence-corrected chi connectivity index (χ3v) is 6.04. The van der Waals surface area contributed by atoms with E-state index in [4.69, 9.17) is 18.9 Å². The van der Waals surface area contributed by atoms with Crippen molar-refractivity contribution in [2.24, 2.45) is 5.92 Å². The molecular formula is C26H32N2O10. The van der Waals surface area contributed by atoms with Crippen LogP contribution >= 0.6 is 0 Å². The zero-order valence-corrected chi connectivity index (χ0v) is 21.9. The molecule has 0 radical (unpaired) electrons. The minimum absolute atomic E-state index is 0.0661. The Kier molecular flexibility index (Phi) is 9.08. The Morgan fingerprint density at radius 1 is 1.03 bits per heavy atom. The SMILES string of the molecule is CC(=O)N[C@@H]1CC(=O)O[C@H]1[C@H](OC(C)=O)C(=O)N[C@@H](CC(C)C)[C@H]1Cc2cccc(OC(C)=O)c2C(=O)O1. The number of esters is 4. The summed E-state index contributed by atoms with van der Waals surface area (Å²) >= 11 is 0. The van der Waals surface area contributed by atoms with Crippen molar-refractivity contribution in [3.05, 3.63) is 29.3 Å². The van der Waals surface area contributed by atoms with Gasteiger partial charge >= 0.3 is 23.9 Å². The first-order valence-electron chi connectivity index (χ1n) is 12.3. The van der Waals surface area contributed by atoms with Gasteiger partial charge in [0.25, 0.3) is 5.91 Å². The van der Waals surface area contributed by atoms with Crippen molar-refractivity contribution in [3.63, 3.8) is 0 Å². The highest BCUT2D eigenvalue weighted by atomic mass is 16.6. The van der Waals surface area contributed by atoms with E-state index in [9.17, 15) is 28.8 Å². The zero-order valence-electron chi connectivity index (χ0n) is 21.9. The van der Waals surface area contributed by atoms with Gasteiger partial charge in [0.1, 0.15) is 17.4 Å². The van der Waals surface area contributed by atoms with Crippen molar-refractivity contribution in [1.82, 2.24) is 10.6 Å². The Morgan fingerprint density at radius 3 is 2.34 bits per heavy atom. The molecule has 5 atom stereocenters. The molecule has 1 aromatic carbocycles.